The van der Waals surface area contributed by atoms with E-state index in [-0.39, 0.29) is 0 Å². The van der Waals surface area contributed by atoms with Gasteiger partial charge in [0.2, 0.25) is 0 Å². The maximum Gasteiger partial charge on any atom is 0.0713 e. The lowest BCUT2D eigenvalue weighted by molar-refractivity contribution is 0.717. The molecule has 3 nitrogen and oxygen atoms in total. The van der Waals surface area contributed by atoms with Gasteiger partial charge in [0.25, 0.3) is 0 Å². The van der Waals surface area contributed by atoms with Gasteiger partial charge in [-0.2, -0.15) is 5.10 Å². The zero-order chi connectivity index (χ0) is 9.80. The molecule has 0 atom stereocenters. The van der Waals surface area contributed by atoms with Crippen LogP contribution < -0.4 is 0 Å². The average molecular weight is 189 g/mol. The molecule has 0 radical (unpaired) electrons. The first-order valence-corrected chi connectivity index (χ1v) is 5.17. The molecule has 0 fully saturated rings. The summed E-state index contributed by atoms with van der Waals surface area (Å²) in [5.41, 5.74) is 2.43. The maximum atomic E-state index is 4.20. The minimum Gasteiger partial charge on any atom is -0.277 e. The molecule has 2 heterocycles. The maximum absolute atomic E-state index is 4.20. The van der Waals surface area contributed by atoms with Crippen LogP contribution in [0.4, 0.5) is 0 Å². The Morgan fingerprint density at radius 1 is 1.21 bits per heavy atom. The van der Waals surface area contributed by atoms with E-state index in [9.17, 15) is 0 Å². The lowest BCUT2D eigenvalue weighted by Crippen LogP contribution is -1.89. The van der Waals surface area contributed by atoms with Gasteiger partial charge in [-0.15, -0.1) is 0 Å². The summed E-state index contributed by atoms with van der Waals surface area (Å²) in [5.74, 6) is 0. The molecule has 0 aromatic carbocycles. The minimum absolute atomic E-state index is 1.10. The lowest BCUT2D eigenvalue weighted by atomic mass is 10.1. The number of nitrogens with zero attached hydrogens (tertiary/aromatic N) is 2. The van der Waals surface area contributed by atoms with Crippen molar-refractivity contribution in [3.63, 3.8) is 0 Å². The summed E-state index contributed by atoms with van der Waals surface area (Å²) in [4.78, 5) is 4.20. The van der Waals surface area contributed by atoms with Crippen molar-refractivity contribution in [2.45, 2.75) is 32.6 Å². The Morgan fingerprint density at radius 3 is 3.00 bits per heavy atom. The van der Waals surface area contributed by atoms with E-state index >= 15 is 0 Å². The van der Waals surface area contributed by atoms with Crippen LogP contribution in [0.1, 0.15) is 31.7 Å². The Bertz CT molecular complexity index is 406. The van der Waals surface area contributed by atoms with E-state index in [2.05, 4.69) is 22.1 Å². The van der Waals surface area contributed by atoms with Gasteiger partial charge >= 0.3 is 0 Å². The number of aryl methyl sites for hydroxylation is 1. The van der Waals surface area contributed by atoms with Crippen LogP contribution >= 0.6 is 0 Å². The van der Waals surface area contributed by atoms with Gasteiger partial charge in [0, 0.05) is 17.8 Å². The fourth-order valence-corrected chi connectivity index (χ4v) is 1.68. The molecule has 0 unspecified atom stereocenters. The van der Waals surface area contributed by atoms with Crippen LogP contribution in [0.15, 0.2) is 18.6 Å². The fourth-order valence-electron chi connectivity index (χ4n) is 1.68. The molecule has 2 aromatic heterocycles. The zero-order valence-electron chi connectivity index (χ0n) is 8.45. The SMILES string of the molecule is CCCCCc1cncc2cn[nH]c12. The van der Waals surface area contributed by atoms with Crippen molar-refractivity contribution in [3.8, 4) is 0 Å². The van der Waals surface area contributed by atoms with Crippen molar-refractivity contribution in [2.24, 2.45) is 0 Å². The van der Waals surface area contributed by atoms with E-state index in [1.807, 2.05) is 18.6 Å². The van der Waals surface area contributed by atoms with E-state index < -0.39 is 0 Å². The highest BCUT2D eigenvalue weighted by atomic mass is 15.1. The number of aromatic nitrogens is 3. The topological polar surface area (TPSA) is 41.6 Å². The third-order valence-electron chi connectivity index (χ3n) is 2.48. The molecule has 0 aliphatic rings. The Balaban J connectivity index is 2.19. The van der Waals surface area contributed by atoms with E-state index in [0.29, 0.717) is 0 Å². The van der Waals surface area contributed by atoms with Gasteiger partial charge in [-0.05, 0) is 18.4 Å². The largest absolute Gasteiger partial charge is 0.277 e. The molecule has 2 rings (SSSR count). The quantitative estimate of drug-likeness (QED) is 0.751. The number of nitrogens with one attached hydrogen (secondary N) is 1. The molecule has 0 aliphatic heterocycles. The van der Waals surface area contributed by atoms with Crippen LogP contribution in [0.2, 0.25) is 0 Å². The van der Waals surface area contributed by atoms with Crippen LogP contribution in [0.25, 0.3) is 10.9 Å². The smallest absolute Gasteiger partial charge is 0.0713 e. The number of pyridine rings is 1. The number of hydrogen-bond acceptors (Lipinski definition) is 2. The summed E-state index contributed by atoms with van der Waals surface area (Å²) in [5, 5.41) is 8.16. The standard InChI is InChI=1S/C11H15N3/c1-2-3-4-5-9-6-12-7-10-8-13-14-11(9)10/h6-8H,2-5H2,1H3,(H,13,14). The third kappa shape index (κ3) is 1.76. The number of aromatic amines is 1. The highest BCUT2D eigenvalue weighted by molar-refractivity contribution is 5.79. The number of unbranched alkanes of at least 4 members (excludes halogenated alkanes) is 2. The fraction of sp³-hybridized carbons (Fsp3) is 0.455. The van der Waals surface area contributed by atoms with Crippen LogP contribution in [0, 0.1) is 0 Å². The summed E-state index contributed by atoms with van der Waals surface area (Å²) in [6, 6.07) is 0. The van der Waals surface area contributed by atoms with E-state index in [4.69, 9.17) is 0 Å². The van der Waals surface area contributed by atoms with Crippen molar-refractivity contribution in [3.05, 3.63) is 24.2 Å². The first kappa shape index (κ1) is 9.19. The Morgan fingerprint density at radius 2 is 2.14 bits per heavy atom. The number of rotatable bonds is 4. The van der Waals surface area contributed by atoms with Gasteiger partial charge in [-0.1, -0.05) is 19.8 Å². The van der Waals surface area contributed by atoms with E-state index in [0.717, 1.165) is 17.3 Å². The molecule has 0 aliphatic carbocycles. The third-order valence-corrected chi connectivity index (χ3v) is 2.48. The Kier molecular flexibility index (Phi) is 2.77. The van der Waals surface area contributed by atoms with Gasteiger partial charge in [0.05, 0.1) is 11.7 Å². The molecule has 0 amide bonds. The van der Waals surface area contributed by atoms with Crippen LogP contribution in [-0.2, 0) is 6.42 Å². The highest BCUT2D eigenvalue weighted by Crippen LogP contribution is 2.16. The zero-order valence-corrected chi connectivity index (χ0v) is 8.45. The average Bonchev–Trinajstić information content (AvgIpc) is 2.67. The second kappa shape index (κ2) is 4.22. The molecule has 0 bridgehead atoms. The summed E-state index contributed by atoms with van der Waals surface area (Å²) < 4.78 is 0. The van der Waals surface area contributed by atoms with Gasteiger partial charge in [0.15, 0.2) is 0 Å². The van der Waals surface area contributed by atoms with Crippen LogP contribution in [-0.4, -0.2) is 15.2 Å². The summed E-state index contributed by atoms with van der Waals surface area (Å²) in [6.07, 6.45) is 10.5. The van der Waals surface area contributed by atoms with Crippen molar-refractivity contribution < 1.29 is 0 Å². The second-order valence-electron chi connectivity index (χ2n) is 3.59. The molecular formula is C11H15N3. The predicted octanol–water partition coefficient (Wildman–Crippen LogP) is 2.69. The van der Waals surface area contributed by atoms with Gasteiger partial charge in [-0.3, -0.25) is 10.1 Å². The number of H-pyrrole nitrogens is 1. The first-order chi connectivity index (χ1) is 6.92. The first-order valence-electron chi connectivity index (χ1n) is 5.17. The van der Waals surface area contributed by atoms with Crippen LogP contribution in [0.5, 0.6) is 0 Å². The molecule has 0 spiro atoms. The Hall–Kier alpha value is -1.38. The molecule has 0 saturated carbocycles. The van der Waals surface area contributed by atoms with E-state index in [1.54, 1.807) is 0 Å². The number of fused-ring (bicyclic) bond motifs is 1. The summed E-state index contributed by atoms with van der Waals surface area (Å²) in [6.45, 7) is 2.22. The van der Waals surface area contributed by atoms with Gasteiger partial charge in [0.1, 0.15) is 0 Å². The highest BCUT2D eigenvalue weighted by Gasteiger charge is 2.02. The normalized spacial score (nSPS) is 10.9. The van der Waals surface area contributed by atoms with E-state index in [1.165, 1.54) is 24.8 Å². The minimum atomic E-state index is 1.10. The van der Waals surface area contributed by atoms with Crippen molar-refractivity contribution in [1.29, 1.82) is 0 Å². The molecule has 3 heteroatoms. The molecule has 1 N–H and O–H groups in total. The molecule has 14 heavy (non-hydrogen) atoms. The summed E-state index contributed by atoms with van der Waals surface area (Å²) in [7, 11) is 0. The Labute approximate surface area is 83.6 Å². The predicted molar refractivity (Wildman–Crippen MR) is 57.1 cm³/mol. The molecule has 2 aromatic rings. The van der Waals surface area contributed by atoms with Gasteiger partial charge < -0.3 is 0 Å². The molecular weight excluding hydrogens is 174 g/mol. The number of hydrogen-bond donors (Lipinski definition) is 1. The van der Waals surface area contributed by atoms with Gasteiger partial charge in [-0.25, -0.2) is 0 Å². The second-order valence-corrected chi connectivity index (χ2v) is 3.59. The molecule has 0 saturated heterocycles. The molecule has 74 valence electrons. The van der Waals surface area contributed by atoms with Crippen molar-refractivity contribution >= 4 is 10.9 Å². The van der Waals surface area contributed by atoms with Crippen molar-refractivity contribution in [2.75, 3.05) is 0 Å². The monoisotopic (exact) mass is 189 g/mol. The van der Waals surface area contributed by atoms with Crippen LogP contribution in [0.3, 0.4) is 0 Å². The van der Waals surface area contributed by atoms with Crippen molar-refractivity contribution in [1.82, 2.24) is 15.2 Å². The lowest BCUT2D eigenvalue weighted by Gasteiger charge is -2.00. The summed E-state index contributed by atoms with van der Waals surface area (Å²) >= 11 is 0.